The monoisotopic (exact) mass is 501 g/mol. The van der Waals surface area contributed by atoms with Gasteiger partial charge in [0.25, 0.3) is 5.91 Å². The summed E-state index contributed by atoms with van der Waals surface area (Å²) in [5.41, 5.74) is 5.12. The number of pyridine rings is 1. The maximum atomic E-state index is 12.9. The fraction of sp³-hybridized carbons (Fsp3) is 0.393. The van der Waals surface area contributed by atoms with Crippen LogP contribution >= 0.6 is 0 Å². The molecule has 2 amide bonds. The molecular formula is C28H35N7O2. The summed E-state index contributed by atoms with van der Waals surface area (Å²) in [6.45, 7) is 13.1. The van der Waals surface area contributed by atoms with Crippen molar-refractivity contribution >= 4 is 35.0 Å². The molecule has 4 rings (SSSR count). The van der Waals surface area contributed by atoms with Crippen LogP contribution in [0.1, 0.15) is 68.7 Å². The summed E-state index contributed by atoms with van der Waals surface area (Å²) in [5.74, 6) is 0.608. The van der Waals surface area contributed by atoms with E-state index in [9.17, 15) is 9.59 Å². The number of anilines is 4. The molecule has 0 spiro atoms. The maximum absolute atomic E-state index is 12.9. The van der Waals surface area contributed by atoms with Gasteiger partial charge in [-0.1, -0.05) is 26.8 Å². The van der Waals surface area contributed by atoms with Crippen LogP contribution in [0.2, 0.25) is 0 Å². The Morgan fingerprint density at radius 3 is 2.46 bits per heavy atom. The third-order valence-electron chi connectivity index (χ3n) is 6.16. The molecule has 0 fully saturated rings. The molecule has 1 aliphatic rings. The van der Waals surface area contributed by atoms with Gasteiger partial charge in [0.05, 0.1) is 0 Å². The van der Waals surface area contributed by atoms with Crippen LogP contribution < -0.4 is 16.0 Å². The summed E-state index contributed by atoms with van der Waals surface area (Å²) < 4.78 is 0. The molecule has 194 valence electrons. The van der Waals surface area contributed by atoms with Crippen molar-refractivity contribution in [3.63, 3.8) is 0 Å². The first-order valence-electron chi connectivity index (χ1n) is 12.6. The highest BCUT2D eigenvalue weighted by atomic mass is 16.2. The highest BCUT2D eigenvalue weighted by Gasteiger charge is 2.20. The van der Waals surface area contributed by atoms with Crippen molar-refractivity contribution in [3.05, 3.63) is 65.1 Å². The lowest BCUT2D eigenvalue weighted by Gasteiger charge is -2.28. The lowest BCUT2D eigenvalue weighted by atomic mass is 9.91. The fourth-order valence-electron chi connectivity index (χ4n) is 4.13. The highest BCUT2D eigenvalue weighted by Crippen LogP contribution is 2.27. The Bertz CT molecular complexity index is 1310. The zero-order valence-electron chi connectivity index (χ0n) is 22.3. The van der Waals surface area contributed by atoms with E-state index in [1.807, 2.05) is 43.0 Å². The Morgan fingerprint density at radius 1 is 1.00 bits per heavy atom. The normalized spacial score (nSPS) is 13.2. The third-order valence-corrected chi connectivity index (χ3v) is 6.16. The Kier molecular flexibility index (Phi) is 7.42. The second kappa shape index (κ2) is 10.5. The summed E-state index contributed by atoms with van der Waals surface area (Å²) in [6.07, 6.45) is 4.08. The number of nitrogens with one attached hydrogen (secondary N) is 3. The average Bonchev–Trinajstić information content (AvgIpc) is 2.83. The molecule has 9 nitrogen and oxygen atoms in total. The van der Waals surface area contributed by atoms with Crippen molar-refractivity contribution in [2.45, 2.75) is 66.0 Å². The molecule has 3 heterocycles. The van der Waals surface area contributed by atoms with Crippen LogP contribution in [0.4, 0.5) is 23.1 Å². The number of fused-ring (bicyclic) bond motifs is 1. The minimum Gasteiger partial charge on any atom is -0.350 e. The third kappa shape index (κ3) is 6.41. The molecule has 37 heavy (non-hydrogen) atoms. The van der Waals surface area contributed by atoms with Crippen molar-refractivity contribution in [1.29, 1.82) is 0 Å². The first-order valence-corrected chi connectivity index (χ1v) is 12.6. The van der Waals surface area contributed by atoms with E-state index < -0.39 is 0 Å². The predicted molar refractivity (Wildman–Crippen MR) is 145 cm³/mol. The summed E-state index contributed by atoms with van der Waals surface area (Å²) in [5, 5.41) is 9.49. The maximum Gasteiger partial charge on any atom is 0.256 e. The molecule has 2 aromatic heterocycles. The standard InChI is InChI=1S/C28H35N7O2/c1-17(2)31-26(37)23-15-30-27(34-25(23)32-22-9-11-29-24(14-22)28(4,5)6)33-21-8-7-20-16-35(18(3)36)12-10-19(20)13-21/h7-9,11,13-15,17H,10,12,16H2,1-6H3,(H,31,37)(H2,29,30,32,33,34). The molecular weight excluding hydrogens is 466 g/mol. The molecule has 0 atom stereocenters. The number of carbonyl (C=O) groups excluding carboxylic acids is 2. The summed E-state index contributed by atoms with van der Waals surface area (Å²) in [4.78, 5) is 40.1. The predicted octanol–water partition coefficient (Wildman–Crippen LogP) is 4.70. The first-order chi connectivity index (χ1) is 17.5. The molecule has 0 unspecified atom stereocenters. The molecule has 0 saturated heterocycles. The van der Waals surface area contributed by atoms with Crippen LogP contribution in [-0.4, -0.2) is 44.3 Å². The second-order valence-corrected chi connectivity index (χ2v) is 10.7. The lowest BCUT2D eigenvalue weighted by molar-refractivity contribution is -0.129. The minimum atomic E-state index is -0.252. The Morgan fingerprint density at radius 2 is 1.76 bits per heavy atom. The quantitative estimate of drug-likeness (QED) is 0.449. The molecule has 9 heteroatoms. The number of benzene rings is 1. The second-order valence-electron chi connectivity index (χ2n) is 10.7. The number of carbonyl (C=O) groups is 2. The first kappa shape index (κ1) is 26.1. The smallest absolute Gasteiger partial charge is 0.256 e. The molecule has 1 aliphatic heterocycles. The number of amides is 2. The topological polar surface area (TPSA) is 112 Å². The molecule has 3 aromatic rings. The minimum absolute atomic E-state index is 0.0269. The van der Waals surface area contributed by atoms with Crippen molar-refractivity contribution < 1.29 is 9.59 Å². The van der Waals surface area contributed by atoms with E-state index in [0.29, 0.717) is 30.4 Å². The van der Waals surface area contributed by atoms with Crippen LogP contribution in [0.25, 0.3) is 0 Å². The van der Waals surface area contributed by atoms with Gasteiger partial charge in [-0.25, -0.2) is 4.98 Å². The zero-order chi connectivity index (χ0) is 26.7. The van der Waals surface area contributed by atoms with Gasteiger partial charge >= 0.3 is 0 Å². The van der Waals surface area contributed by atoms with Gasteiger partial charge in [0.2, 0.25) is 11.9 Å². The van der Waals surface area contributed by atoms with Crippen molar-refractivity contribution in [2.24, 2.45) is 0 Å². The molecule has 0 bridgehead atoms. The van der Waals surface area contributed by atoms with Gasteiger partial charge in [-0.15, -0.1) is 0 Å². The van der Waals surface area contributed by atoms with Gasteiger partial charge in [-0.2, -0.15) is 4.98 Å². The van der Waals surface area contributed by atoms with E-state index in [0.717, 1.165) is 29.1 Å². The largest absolute Gasteiger partial charge is 0.350 e. The molecule has 0 aliphatic carbocycles. The number of aromatic nitrogens is 3. The highest BCUT2D eigenvalue weighted by molar-refractivity contribution is 5.99. The van der Waals surface area contributed by atoms with E-state index in [1.54, 1.807) is 13.1 Å². The van der Waals surface area contributed by atoms with E-state index in [4.69, 9.17) is 0 Å². The van der Waals surface area contributed by atoms with E-state index in [-0.39, 0.29) is 23.3 Å². The average molecular weight is 502 g/mol. The number of nitrogens with zero attached hydrogens (tertiary/aromatic N) is 4. The number of rotatable bonds is 6. The van der Waals surface area contributed by atoms with Crippen LogP contribution in [-0.2, 0) is 23.2 Å². The summed E-state index contributed by atoms with van der Waals surface area (Å²) in [6, 6.07) is 9.84. The van der Waals surface area contributed by atoms with Gasteiger partial charge in [0.1, 0.15) is 11.4 Å². The van der Waals surface area contributed by atoms with E-state index in [1.165, 1.54) is 11.8 Å². The number of hydrogen-bond acceptors (Lipinski definition) is 7. The zero-order valence-corrected chi connectivity index (χ0v) is 22.3. The van der Waals surface area contributed by atoms with Crippen molar-refractivity contribution in [3.8, 4) is 0 Å². The van der Waals surface area contributed by atoms with E-state index >= 15 is 0 Å². The number of hydrogen-bond donors (Lipinski definition) is 3. The van der Waals surface area contributed by atoms with Gasteiger partial charge in [-0.05, 0) is 55.7 Å². The molecule has 1 aromatic carbocycles. The van der Waals surface area contributed by atoms with Gasteiger partial charge in [0, 0.05) is 60.9 Å². The fourth-order valence-corrected chi connectivity index (χ4v) is 4.13. The van der Waals surface area contributed by atoms with Gasteiger partial charge in [0.15, 0.2) is 0 Å². The molecule has 3 N–H and O–H groups in total. The Labute approximate surface area is 218 Å². The Hall–Kier alpha value is -4.01. The summed E-state index contributed by atoms with van der Waals surface area (Å²) >= 11 is 0. The van der Waals surface area contributed by atoms with Crippen molar-refractivity contribution in [1.82, 2.24) is 25.2 Å². The lowest BCUT2D eigenvalue weighted by Crippen LogP contribution is -2.34. The van der Waals surface area contributed by atoms with Crippen LogP contribution in [0, 0.1) is 0 Å². The van der Waals surface area contributed by atoms with Crippen molar-refractivity contribution in [2.75, 3.05) is 17.2 Å². The molecule has 0 radical (unpaired) electrons. The van der Waals surface area contributed by atoms with Gasteiger partial charge in [-0.3, -0.25) is 14.6 Å². The van der Waals surface area contributed by atoms with Crippen LogP contribution in [0.5, 0.6) is 0 Å². The van der Waals surface area contributed by atoms with Crippen LogP contribution in [0.3, 0.4) is 0 Å². The summed E-state index contributed by atoms with van der Waals surface area (Å²) in [7, 11) is 0. The Balaban J connectivity index is 1.62. The van der Waals surface area contributed by atoms with Gasteiger partial charge < -0.3 is 20.9 Å². The van der Waals surface area contributed by atoms with Crippen LogP contribution in [0.15, 0.2) is 42.7 Å². The molecule has 0 saturated carbocycles. The SMILES string of the molecule is CC(=O)N1CCc2cc(Nc3ncc(C(=O)NC(C)C)c(Nc4ccnc(C(C)(C)C)c4)n3)ccc2C1. The van der Waals surface area contributed by atoms with E-state index in [2.05, 4.69) is 57.7 Å².